The van der Waals surface area contributed by atoms with E-state index >= 15 is 0 Å². The van der Waals surface area contributed by atoms with Crippen LogP contribution in [-0.4, -0.2) is 58.5 Å². The van der Waals surface area contributed by atoms with Crippen LogP contribution in [0.1, 0.15) is 49.7 Å². The number of aliphatic hydroxyl groups is 1. The molecular formula is C16H25N7O. The van der Waals surface area contributed by atoms with Crippen molar-refractivity contribution < 1.29 is 5.11 Å². The molecule has 2 fully saturated rings. The lowest BCUT2D eigenvalue weighted by Crippen LogP contribution is -2.50. The largest absolute Gasteiger partial charge is 0.387 e. The summed E-state index contributed by atoms with van der Waals surface area (Å²) in [7, 11) is 2.06. The lowest BCUT2D eigenvalue weighted by atomic mass is 9.85. The van der Waals surface area contributed by atoms with E-state index in [-0.39, 0.29) is 0 Å². The molecule has 1 N–H and O–H groups in total. The van der Waals surface area contributed by atoms with E-state index in [1.54, 1.807) is 17.1 Å². The van der Waals surface area contributed by atoms with Crippen LogP contribution in [0.15, 0.2) is 12.4 Å². The Hall–Kier alpha value is -1.80. The summed E-state index contributed by atoms with van der Waals surface area (Å²) in [6.45, 7) is 2.81. The molecule has 2 aliphatic rings. The van der Waals surface area contributed by atoms with Gasteiger partial charge in [-0.3, -0.25) is 4.90 Å². The molecule has 1 unspecified atom stereocenters. The van der Waals surface area contributed by atoms with Crippen LogP contribution in [0, 0.1) is 0 Å². The summed E-state index contributed by atoms with van der Waals surface area (Å²) in [5.41, 5.74) is -0.763. The Morgan fingerprint density at radius 1 is 1.29 bits per heavy atom. The van der Waals surface area contributed by atoms with Crippen molar-refractivity contribution in [2.45, 2.75) is 56.7 Å². The molecule has 1 atom stereocenters. The molecule has 8 heteroatoms. The molecule has 2 aromatic heterocycles. The van der Waals surface area contributed by atoms with Gasteiger partial charge in [-0.05, 0) is 32.2 Å². The Bertz CT molecular complexity index is 679. The van der Waals surface area contributed by atoms with Gasteiger partial charge in [-0.1, -0.05) is 11.6 Å². The van der Waals surface area contributed by atoms with E-state index in [2.05, 4.69) is 37.0 Å². The summed E-state index contributed by atoms with van der Waals surface area (Å²) in [4.78, 5) is 2.27. The predicted molar refractivity (Wildman–Crippen MR) is 87.1 cm³/mol. The molecule has 0 amide bonds. The van der Waals surface area contributed by atoms with Gasteiger partial charge in [-0.15, -0.1) is 15.3 Å². The summed E-state index contributed by atoms with van der Waals surface area (Å²) in [5, 5.41) is 27.5. The fraction of sp³-hybridized carbons (Fsp3) is 0.750. The molecule has 0 aromatic carbocycles. The third-order valence-corrected chi connectivity index (χ3v) is 5.40. The van der Waals surface area contributed by atoms with Gasteiger partial charge in [0.05, 0.1) is 24.9 Å². The van der Waals surface area contributed by atoms with Gasteiger partial charge in [-0.2, -0.15) is 0 Å². The van der Waals surface area contributed by atoms with Crippen molar-refractivity contribution in [3.05, 3.63) is 24.0 Å². The average Bonchev–Trinajstić information content (AvgIpc) is 3.10. The minimum absolute atomic E-state index is 0.482. The number of likely N-dealkylation sites (tertiary alicyclic amines) is 1. The second-order valence-corrected chi connectivity index (χ2v) is 7.30. The molecule has 0 spiro atoms. The zero-order chi connectivity index (χ0) is 16.6. The number of piperidine rings is 1. The van der Waals surface area contributed by atoms with Crippen LogP contribution in [0.2, 0.25) is 0 Å². The van der Waals surface area contributed by atoms with Crippen molar-refractivity contribution in [2.75, 3.05) is 13.1 Å². The normalized spacial score (nSPS) is 25.8. The quantitative estimate of drug-likeness (QED) is 0.868. The minimum Gasteiger partial charge on any atom is -0.387 e. The average molecular weight is 331 g/mol. The fourth-order valence-corrected chi connectivity index (χ4v) is 3.82. The van der Waals surface area contributed by atoms with Gasteiger partial charge < -0.3 is 9.67 Å². The molecule has 1 saturated heterocycles. The predicted octanol–water partition coefficient (Wildman–Crippen LogP) is 0.701. The van der Waals surface area contributed by atoms with Gasteiger partial charge in [0.1, 0.15) is 11.6 Å². The van der Waals surface area contributed by atoms with Crippen LogP contribution in [0.5, 0.6) is 0 Å². The number of aromatic nitrogens is 6. The van der Waals surface area contributed by atoms with E-state index in [4.69, 9.17) is 0 Å². The second kappa shape index (κ2) is 6.25. The molecule has 4 rings (SSSR count). The summed E-state index contributed by atoms with van der Waals surface area (Å²) >= 11 is 0. The zero-order valence-corrected chi connectivity index (χ0v) is 14.2. The van der Waals surface area contributed by atoms with Crippen molar-refractivity contribution in [3.63, 3.8) is 0 Å². The minimum atomic E-state index is -0.763. The van der Waals surface area contributed by atoms with E-state index in [9.17, 15) is 5.11 Å². The molecule has 130 valence electrons. The van der Waals surface area contributed by atoms with Gasteiger partial charge in [0, 0.05) is 25.7 Å². The van der Waals surface area contributed by atoms with Crippen molar-refractivity contribution in [2.24, 2.45) is 7.05 Å². The van der Waals surface area contributed by atoms with Crippen molar-refractivity contribution in [1.29, 1.82) is 0 Å². The molecule has 0 bridgehead atoms. The van der Waals surface area contributed by atoms with Gasteiger partial charge in [0.25, 0.3) is 0 Å². The van der Waals surface area contributed by atoms with Crippen molar-refractivity contribution >= 4 is 0 Å². The van der Waals surface area contributed by atoms with E-state index < -0.39 is 5.60 Å². The van der Waals surface area contributed by atoms with Crippen LogP contribution in [0.4, 0.5) is 0 Å². The summed E-state index contributed by atoms with van der Waals surface area (Å²) in [6.07, 6.45) is 8.96. The first-order chi connectivity index (χ1) is 11.6. The van der Waals surface area contributed by atoms with E-state index in [0.717, 1.165) is 37.6 Å². The lowest BCUT2D eigenvalue weighted by Gasteiger charge is -2.38. The first-order valence-corrected chi connectivity index (χ1v) is 8.80. The second-order valence-electron chi connectivity index (χ2n) is 7.30. The molecule has 2 aromatic rings. The summed E-state index contributed by atoms with van der Waals surface area (Å²) < 4.78 is 3.86. The Kier molecular flexibility index (Phi) is 4.09. The maximum Gasteiger partial charge on any atom is 0.146 e. The van der Waals surface area contributed by atoms with E-state index in [1.807, 2.05) is 0 Å². The zero-order valence-electron chi connectivity index (χ0n) is 14.2. The monoisotopic (exact) mass is 331 g/mol. The van der Waals surface area contributed by atoms with Gasteiger partial charge >= 0.3 is 0 Å². The maximum absolute atomic E-state index is 10.9. The van der Waals surface area contributed by atoms with Gasteiger partial charge in [0.2, 0.25) is 0 Å². The molecule has 3 heterocycles. The van der Waals surface area contributed by atoms with Crippen molar-refractivity contribution in [3.8, 4) is 0 Å². The number of rotatable bonds is 5. The summed E-state index contributed by atoms with van der Waals surface area (Å²) in [5.74, 6) is 2.69. The van der Waals surface area contributed by atoms with Crippen LogP contribution < -0.4 is 0 Å². The smallest absolute Gasteiger partial charge is 0.146 e. The molecule has 1 saturated carbocycles. The van der Waals surface area contributed by atoms with Crippen LogP contribution >= 0.6 is 0 Å². The van der Waals surface area contributed by atoms with Crippen molar-refractivity contribution in [1.82, 2.24) is 34.7 Å². The fourth-order valence-electron chi connectivity index (χ4n) is 3.82. The molecular weight excluding hydrogens is 306 g/mol. The van der Waals surface area contributed by atoms with Crippen LogP contribution in [-0.2, 0) is 20.1 Å². The third-order valence-electron chi connectivity index (χ3n) is 5.40. The highest BCUT2D eigenvalue weighted by atomic mass is 16.3. The Labute approximate surface area is 141 Å². The topological polar surface area (TPSA) is 84.9 Å². The SMILES string of the molecule is Cn1c(CN2CCCC(O)(Cn3ccnn3)C2)nnc1C1CCC1. The first kappa shape index (κ1) is 15.7. The van der Waals surface area contributed by atoms with Gasteiger partial charge in [0.15, 0.2) is 0 Å². The third kappa shape index (κ3) is 3.08. The highest BCUT2D eigenvalue weighted by molar-refractivity contribution is 5.05. The first-order valence-electron chi connectivity index (χ1n) is 8.80. The lowest BCUT2D eigenvalue weighted by molar-refractivity contribution is -0.0486. The van der Waals surface area contributed by atoms with E-state index in [0.29, 0.717) is 19.0 Å². The number of β-amino-alcohol motifs (C(OH)–C–C–N with tert-alkyl or cyclic N) is 1. The molecule has 24 heavy (non-hydrogen) atoms. The Balaban J connectivity index is 1.42. The molecule has 8 nitrogen and oxygen atoms in total. The molecule has 1 aliphatic heterocycles. The summed E-state index contributed by atoms with van der Waals surface area (Å²) in [6, 6.07) is 0. The standard InChI is InChI=1S/C16H25N7O/c1-21-14(18-19-15(21)13-4-2-5-13)10-22-8-3-6-16(24,11-22)12-23-9-7-17-20-23/h7,9,13,24H,2-6,8,10-12H2,1H3. The highest BCUT2D eigenvalue weighted by Gasteiger charge is 2.35. The molecule has 1 aliphatic carbocycles. The Morgan fingerprint density at radius 3 is 2.88 bits per heavy atom. The van der Waals surface area contributed by atoms with Gasteiger partial charge in [-0.25, -0.2) is 4.68 Å². The van der Waals surface area contributed by atoms with Crippen LogP contribution in [0.25, 0.3) is 0 Å². The molecule has 0 radical (unpaired) electrons. The van der Waals surface area contributed by atoms with E-state index in [1.165, 1.54) is 19.3 Å². The number of hydrogen-bond acceptors (Lipinski definition) is 6. The highest BCUT2D eigenvalue weighted by Crippen LogP contribution is 2.35. The number of hydrogen-bond donors (Lipinski definition) is 1. The maximum atomic E-state index is 10.9. The Morgan fingerprint density at radius 2 is 2.17 bits per heavy atom. The van der Waals surface area contributed by atoms with Crippen LogP contribution in [0.3, 0.4) is 0 Å². The number of nitrogens with zero attached hydrogens (tertiary/aromatic N) is 7.